The van der Waals surface area contributed by atoms with E-state index < -0.39 is 5.91 Å². The van der Waals surface area contributed by atoms with Crippen LogP contribution in [0.3, 0.4) is 0 Å². The minimum Gasteiger partial charge on any atom is -0.497 e. The van der Waals surface area contributed by atoms with E-state index >= 15 is 0 Å². The third-order valence-electron chi connectivity index (χ3n) is 4.45. The van der Waals surface area contributed by atoms with E-state index in [1.54, 1.807) is 43.5 Å². The van der Waals surface area contributed by atoms with Crippen molar-refractivity contribution in [3.63, 3.8) is 0 Å². The van der Waals surface area contributed by atoms with Gasteiger partial charge in [-0.15, -0.1) is 0 Å². The van der Waals surface area contributed by atoms with Gasteiger partial charge >= 0.3 is 0 Å². The highest BCUT2D eigenvalue weighted by Gasteiger charge is 2.40. The van der Waals surface area contributed by atoms with Gasteiger partial charge in [-0.1, -0.05) is 41.6 Å². The van der Waals surface area contributed by atoms with Crippen LogP contribution in [0.5, 0.6) is 5.75 Å². The predicted octanol–water partition coefficient (Wildman–Crippen LogP) is 5.34. The minimum absolute atomic E-state index is 0.238. The Bertz CT molecular complexity index is 1110. The summed E-state index contributed by atoms with van der Waals surface area (Å²) in [5, 5.41) is 3.72. The zero-order chi connectivity index (χ0) is 21.1. The summed E-state index contributed by atoms with van der Waals surface area (Å²) in [6.07, 6.45) is 0. The maximum atomic E-state index is 13.3. The summed E-state index contributed by atoms with van der Waals surface area (Å²) in [4.78, 5) is 28.8. The monoisotopic (exact) mass is 436 g/mol. The van der Waals surface area contributed by atoms with Crippen LogP contribution in [0, 0.1) is 0 Å². The fraction of sp³-hybridized carbons (Fsp3) is 0.0435. The summed E-state index contributed by atoms with van der Waals surface area (Å²) in [5.41, 5.74) is 1.44. The maximum Gasteiger partial charge on any atom is 0.283 e. The van der Waals surface area contributed by atoms with Crippen molar-refractivity contribution < 1.29 is 14.3 Å². The second-order valence-electron chi connectivity index (χ2n) is 6.39. The van der Waals surface area contributed by atoms with Crippen LogP contribution in [0.25, 0.3) is 0 Å². The van der Waals surface area contributed by atoms with E-state index in [0.717, 1.165) is 10.6 Å². The lowest BCUT2D eigenvalue weighted by atomic mass is 10.2. The van der Waals surface area contributed by atoms with Crippen LogP contribution in [-0.4, -0.2) is 18.9 Å². The molecular weight excluding hydrogens is 420 g/mol. The topological polar surface area (TPSA) is 58.6 Å². The number of methoxy groups -OCH3 is 1. The van der Waals surface area contributed by atoms with Crippen molar-refractivity contribution in [1.29, 1.82) is 0 Å². The molecule has 0 aliphatic carbocycles. The van der Waals surface area contributed by atoms with Gasteiger partial charge in [-0.05, 0) is 60.7 Å². The second-order valence-corrected chi connectivity index (χ2v) is 7.92. The van der Waals surface area contributed by atoms with Crippen molar-refractivity contribution in [3.8, 4) is 5.75 Å². The quantitative estimate of drug-likeness (QED) is 0.529. The van der Waals surface area contributed by atoms with Crippen LogP contribution in [0.2, 0.25) is 5.02 Å². The average Bonchev–Trinajstić information content (AvgIpc) is 3.00. The number of para-hydroxylation sites is 1. The largest absolute Gasteiger partial charge is 0.497 e. The molecule has 5 nitrogen and oxygen atoms in total. The summed E-state index contributed by atoms with van der Waals surface area (Å²) in [7, 11) is 1.56. The Morgan fingerprint density at radius 1 is 0.867 bits per heavy atom. The van der Waals surface area contributed by atoms with Crippen LogP contribution in [-0.2, 0) is 9.59 Å². The molecule has 0 spiro atoms. The van der Waals surface area contributed by atoms with Crippen LogP contribution >= 0.6 is 23.4 Å². The Kier molecular flexibility index (Phi) is 5.79. The molecule has 0 fully saturated rings. The summed E-state index contributed by atoms with van der Waals surface area (Å²) >= 11 is 7.20. The molecule has 7 heteroatoms. The molecule has 0 aromatic heterocycles. The number of thioether (sulfide) groups is 1. The molecule has 2 amide bonds. The van der Waals surface area contributed by atoms with Crippen molar-refractivity contribution in [2.75, 3.05) is 17.3 Å². The fourth-order valence-corrected chi connectivity index (χ4v) is 4.02. The molecule has 0 radical (unpaired) electrons. The fourth-order valence-electron chi connectivity index (χ4n) is 2.97. The lowest BCUT2D eigenvalue weighted by molar-refractivity contribution is -0.120. The molecule has 1 N–H and O–H groups in total. The molecule has 3 aromatic carbocycles. The standard InChI is InChI=1S/C23H17ClN2O3S/c1-29-18-11-9-17(10-12-18)26-22(27)20(25-16-5-3-2-4-6-16)21(23(26)28)30-19-13-7-15(24)8-14-19/h2-14,25H,1H3. The van der Waals surface area contributed by atoms with Crippen LogP contribution < -0.4 is 15.0 Å². The van der Waals surface area contributed by atoms with Crippen molar-refractivity contribution >= 4 is 46.6 Å². The Morgan fingerprint density at radius 2 is 1.53 bits per heavy atom. The molecule has 0 atom stereocenters. The number of rotatable bonds is 6. The van der Waals surface area contributed by atoms with Gasteiger partial charge in [0.15, 0.2) is 0 Å². The normalized spacial score (nSPS) is 13.7. The molecule has 1 aliphatic heterocycles. The third kappa shape index (κ3) is 4.06. The molecular formula is C23H17ClN2O3S. The van der Waals surface area contributed by atoms with Crippen LogP contribution in [0.1, 0.15) is 0 Å². The Labute approximate surface area is 183 Å². The SMILES string of the molecule is COc1ccc(N2C(=O)C(Nc3ccccc3)=C(Sc3ccc(Cl)cc3)C2=O)cc1. The number of anilines is 2. The first-order valence-corrected chi connectivity index (χ1v) is 10.3. The number of nitrogens with one attached hydrogen (secondary N) is 1. The van der Waals surface area contributed by atoms with Crippen LogP contribution in [0.4, 0.5) is 11.4 Å². The van der Waals surface area contributed by atoms with E-state index in [2.05, 4.69) is 5.32 Å². The number of carbonyl (C=O) groups is 2. The smallest absolute Gasteiger partial charge is 0.283 e. The number of carbonyl (C=O) groups excluding carboxylic acids is 2. The number of amides is 2. The summed E-state index contributed by atoms with van der Waals surface area (Å²) in [5.74, 6) is -0.154. The molecule has 1 aliphatic rings. The minimum atomic E-state index is -0.412. The van der Waals surface area contributed by atoms with Gasteiger partial charge in [0.2, 0.25) is 0 Å². The van der Waals surface area contributed by atoms with E-state index in [9.17, 15) is 9.59 Å². The van der Waals surface area contributed by atoms with Crippen molar-refractivity contribution in [2.45, 2.75) is 4.90 Å². The van der Waals surface area contributed by atoms with Gasteiger partial charge < -0.3 is 10.1 Å². The lowest BCUT2D eigenvalue weighted by Crippen LogP contribution is -2.32. The average molecular weight is 437 g/mol. The number of halogens is 1. The number of nitrogens with zero attached hydrogens (tertiary/aromatic N) is 1. The van der Waals surface area contributed by atoms with Gasteiger partial charge in [-0.3, -0.25) is 9.59 Å². The lowest BCUT2D eigenvalue weighted by Gasteiger charge is -2.15. The molecule has 30 heavy (non-hydrogen) atoms. The molecule has 0 saturated carbocycles. The van der Waals surface area contributed by atoms with E-state index in [0.29, 0.717) is 21.4 Å². The van der Waals surface area contributed by atoms with Crippen LogP contribution in [0.15, 0.2) is 94.4 Å². The van der Waals surface area contributed by atoms with Gasteiger partial charge in [-0.25, -0.2) is 4.90 Å². The Hall–Kier alpha value is -3.22. The molecule has 4 rings (SSSR count). The van der Waals surface area contributed by atoms with E-state index in [1.807, 2.05) is 42.5 Å². The maximum absolute atomic E-state index is 13.3. The van der Waals surface area contributed by atoms with Gasteiger partial charge in [-0.2, -0.15) is 0 Å². The van der Waals surface area contributed by atoms with E-state index in [4.69, 9.17) is 16.3 Å². The zero-order valence-corrected chi connectivity index (χ0v) is 17.5. The molecule has 3 aromatic rings. The van der Waals surface area contributed by atoms with Gasteiger partial charge in [0, 0.05) is 15.6 Å². The summed E-state index contributed by atoms with van der Waals surface area (Å²) < 4.78 is 5.17. The molecule has 1 heterocycles. The Morgan fingerprint density at radius 3 is 2.17 bits per heavy atom. The summed E-state index contributed by atoms with van der Waals surface area (Å²) in [6, 6.07) is 23.2. The first kappa shape index (κ1) is 20.1. The van der Waals surface area contributed by atoms with Crippen molar-refractivity contribution in [1.82, 2.24) is 0 Å². The van der Waals surface area contributed by atoms with Crippen molar-refractivity contribution in [3.05, 3.63) is 94.5 Å². The molecule has 150 valence electrons. The first-order chi connectivity index (χ1) is 14.6. The number of ether oxygens (including phenoxy) is 1. The van der Waals surface area contributed by atoms with Gasteiger partial charge in [0.25, 0.3) is 11.8 Å². The number of hydrogen-bond donors (Lipinski definition) is 1. The first-order valence-electron chi connectivity index (χ1n) is 9.09. The molecule has 0 bridgehead atoms. The highest BCUT2D eigenvalue weighted by atomic mass is 35.5. The van der Waals surface area contributed by atoms with E-state index in [-0.39, 0.29) is 11.6 Å². The highest BCUT2D eigenvalue weighted by Crippen LogP contribution is 2.38. The molecule has 0 saturated heterocycles. The highest BCUT2D eigenvalue weighted by molar-refractivity contribution is 8.04. The van der Waals surface area contributed by atoms with Gasteiger partial charge in [0.05, 0.1) is 12.8 Å². The predicted molar refractivity (Wildman–Crippen MR) is 120 cm³/mol. The Balaban J connectivity index is 1.72. The second kappa shape index (κ2) is 8.65. The number of hydrogen-bond acceptors (Lipinski definition) is 5. The van der Waals surface area contributed by atoms with Crippen molar-refractivity contribution in [2.24, 2.45) is 0 Å². The summed E-state index contributed by atoms with van der Waals surface area (Å²) in [6.45, 7) is 0. The zero-order valence-electron chi connectivity index (χ0n) is 16.0. The molecule has 0 unspecified atom stereocenters. The number of imide groups is 1. The van der Waals surface area contributed by atoms with Gasteiger partial charge in [0.1, 0.15) is 16.4 Å². The third-order valence-corrected chi connectivity index (χ3v) is 5.79. The number of benzene rings is 3. The van der Waals surface area contributed by atoms with E-state index in [1.165, 1.54) is 16.7 Å².